The van der Waals surface area contributed by atoms with Crippen molar-refractivity contribution in [3.8, 4) is 12.1 Å². The number of benzene rings is 1. The highest BCUT2D eigenvalue weighted by atomic mass is 32.2. The average molecular weight is 262 g/mol. The predicted molar refractivity (Wildman–Crippen MR) is 65.5 cm³/mol. The van der Waals surface area contributed by atoms with E-state index < -0.39 is 10.0 Å². The number of hydrogen-bond acceptors (Lipinski definition) is 5. The van der Waals surface area contributed by atoms with Crippen LogP contribution in [0.4, 0.5) is 5.69 Å². The van der Waals surface area contributed by atoms with Crippen molar-refractivity contribution in [1.82, 2.24) is 0 Å². The number of anilines is 1. The highest BCUT2D eigenvalue weighted by molar-refractivity contribution is 7.89. The van der Waals surface area contributed by atoms with Gasteiger partial charge >= 0.3 is 0 Å². The van der Waals surface area contributed by atoms with Crippen molar-refractivity contribution in [2.45, 2.75) is 11.8 Å². The van der Waals surface area contributed by atoms with E-state index in [2.05, 4.69) is 5.32 Å². The molecule has 0 aliphatic rings. The zero-order chi connectivity index (χ0) is 13.8. The minimum absolute atomic E-state index is 0.0422. The van der Waals surface area contributed by atoms with Gasteiger partial charge < -0.3 is 5.32 Å². The molecule has 0 radical (unpaired) electrons. The molecule has 0 amide bonds. The van der Waals surface area contributed by atoms with E-state index >= 15 is 0 Å². The van der Waals surface area contributed by atoms with Crippen molar-refractivity contribution in [1.29, 1.82) is 10.5 Å². The van der Waals surface area contributed by atoms with E-state index in [1.54, 1.807) is 25.1 Å². The highest BCUT2D eigenvalue weighted by Gasteiger charge is 2.09. The molecule has 0 saturated carbocycles. The lowest BCUT2D eigenvalue weighted by atomic mass is 10.2. The first-order chi connectivity index (χ1) is 8.38. The van der Waals surface area contributed by atoms with Crippen LogP contribution in [0.2, 0.25) is 0 Å². The summed E-state index contributed by atoms with van der Waals surface area (Å²) in [7, 11) is -3.78. The van der Waals surface area contributed by atoms with Crippen LogP contribution in [0, 0.1) is 29.6 Å². The van der Waals surface area contributed by atoms with Crippen molar-refractivity contribution >= 4 is 15.7 Å². The molecular formula is C11H10N4O2S. The Hall–Kier alpha value is -2.35. The van der Waals surface area contributed by atoms with Gasteiger partial charge in [-0.1, -0.05) is 6.07 Å². The maximum absolute atomic E-state index is 11.2. The molecule has 3 N–H and O–H groups in total. The molecule has 0 saturated heterocycles. The third-order valence-corrected chi connectivity index (χ3v) is 3.06. The molecule has 0 spiro atoms. The Kier molecular flexibility index (Phi) is 4.05. The van der Waals surface area contributed by atoms with Gasteiger partial charge in [-0.25, -0.2) is 13.6 Å². The zero-order valence-corrected chi connectivity index (χ0v) is 10.3. The van der Waals surface area contributed by atoms with Gasteiger partial charge in [0.2, 0.25) is 10.0 Å². The monoisotopic (exact) mass is 262 g/mol. The summed E-state index contributed by atoms with van der Waals surface area (Å²) in [5, 5.41) is 24.8. The number of primary sulfonamides is 1. The quantitative estimate of drug-likeness (QED) is 0.787. The molecule has 0 aromatic heterocycles. The van der Waals surface area contributed by atoms with Gasteiger partial charge in [0.25, 0.3) is 0 Å². The second-order valence-electron chi connectivity index (χ2n) is 3.45. The molecule has 0 unspecified atom stereocenters. The Bertz CT molecular complexity index is 662. The fourth-order valence-electron chi connectivity index (χ4n) is 1.17. The summed E-state index contributed by atoms with van der Waals surface area (Å²) in [6.45, 7) is 1.75. The van der Waals surface area contributed by atoms with Gasteiger partial charge in [0.05, 0.1) is 4.90 Å². The summed E-state index contributed by atoms with van der Waals surface area (Å²) < 4.78 is 22.4. The summed E-state index contributed by atoms with van der Waals surface area (Å²) >= 11 is 0. The average Bonchev–Trinajstić information content (AvgIpc) is 2.31. The first-order valence-electron chi connectivity index (χ1n) is 4.79. The van der Waals surface area contributed by atoms with Gasteiger partial charge in [-0.2, -0.15) is 10.5 Å². The van der Waals surface area contributed by atoms with Gasteiger partial charge in [-0.3, -0.25) is 0 Å². The number of hydrogen-bond donors (Lipinski definition) is 2. The molecule has 1 aromatic rings. The molecular weight excluding hydrogens is 252 g/mol. The number of nitrogens with zero attached hydrogens (tertiary/aromatic N) is 2. The largest absolute Gasteiger partial charge is 0.360 e. The van der Waals surface area contributed by atoms with Gasteiger partial charge in [0.15, 0.2) is 0 Å². The molecule has 18 heavy (non-hydrogen) atoms. The number of allylic oxidation sites excluding steroid dienone is 1. The Morgan fingerprint density at radius 3 is 2.50 bits per heavy atom. The van der Waals surface area contributed by atoms with E-state index in [1.807, 2.05) is 0 Å². The van der Waals surface area contributed by atoms with E-state index in [9.17, 15) is 8.42 Å². The van der Waals surface area contributed by atoms with Crippen molar-refractivity contribution in [3.05, 3.63) is 35.5 Å². The summed E-state index contributed by atoms with van der Waals surface area (Å²) in [4.78, 5) is -0.0422. The number of rotatable bonds is 3. The van der Waals surface area contributed by atoms with Gasteiger partial charge in [-0.05, 0) is 24.6 Å². The van der Waals surface area contributed by atoms with Crippen LogP contribution >= 0.6 is 0 Å². The Labute approximate surface area is 105 Å². The fraction of sp³-hybridized carbons (Fsp3) is 0.0909. The molecule has 0 fully saturated rings. The lowest BCUT2D eigenvalue weighted by molar-refractivity contribution is 0.598. The Morgan fingerprint density at radius 2 is 2.00 bits per heavy atom. The Morgan fingerprint density at radius 1 is 1.39 bits per heavy atom. The van der Waals surface area contributed by atoms with Crippen LogP contribution in [0.5, 0.6) is 0 Å². The number of aryl methyl sites for hydroxylation is 1. The summed E-state index contributed by atoms with van der Waals surface area (Å²) in [6.07, 6.45) is 1.20. The van der Waals surface area contributed by atoms with Crippen molar-refractivity contribution in [2.24, 2.45) is 5.14 Å². The molecule has 0 bridgehead atoms. The third kappa shape index (κ3) is 3.32. The lowest BCUT2D eigenvalue weighted by Gasteiger charge is -2.07. The van der Waals surface area contributed by atoms with E-state index in [0.29, 0.717) is 5.69 Å². The smallest absolute Gasteiger partial charge is 0.238 e. The van der Waals surface area contributed by atoms with E-state index in [0.717, 1.165) is 5.56 Å². The molecule has 0 aliphatic carbocycles. The fourth-order valence-corrected chi connectivity index (χ4v) is 1.71. The summed E-state index contributed by atoms with van der Waals surface area (Å²) in [5.41, 5.74) is 1.11. The number of nitrogens with two attached hydrogens (primary N) is 1. The standard InChI is InChI=1S/C11H10N4O2S/c1-8-2-3-10(18(14,16)17)4-11(8)15-7-9(5-12)6-13/h2-4,7,15H,1H3,(H2,14,16,17). The van der Waals surface area contributed by atoms with E-state index in [1.165, 1.54) is 18.3 Å². The maximum atomic E-state index is 11.2. The summed E-state index contributed by atoms with van der Waals surface area (Å²) in [5.74, 6) is 0. The third-order valence-electron chi connectivity index (χ3n) is 2.15. The molecule has 1 rings (SSSR count). The minimum Gasteiger partial charge on any atom is -0.360 e. The topological polar surface area (TPSA) is 120 Å². The lowest BCUT2D eigenvalue weighted by Crippen LogP contribution is -2.12. The zero-order valence-electron chi connectivity index (χ0n) is 9.51. The normalized spacial score (nSPS) is 10.0. The SMILES string of the molecule is Cc1ccc(S(N)(=O)=O)cc1NC=C(C#N)C#N. The maximum Gasteiger partial charge on any atom is 0.238 e. The minimum atomic E-state index is -3.78. The van der Waals surface area contributed by atoms with E-state index in [4.69, 9.17) is 15.7 Å². The Balaban J connectivity index is 3.16. The molecule has 7 heteroatoms. The van der Waals surface area contributed by atoms with Crippen LogP contribution in [0.15, 0.2) is 34.9 Å². The molecule has 1 aromatic carbocycles. The second kappa shape index (κ2) is 5.32. The molecule has 0 atom stereocenters. The first kappa shape index (κ1) is 13.7. The molecule has 0 heterocycles. The van der Waals surface area contributed by atoms with Gasteiger partial charge in [0.1, 0.15) is 17.7 Å². The highest BCUT2D eigenvalue weighted by Crippen LogP contribution is 2.19. The molecule has 6 nitrogen and oxygen atoms in total. The number of sulfonamides is 1. The van der Waals surface area contributed by atoms with Gasteiger partial charge in [-0.15, -0.1) is 0 Å². The van der Waals surface area contributed by atoms with Crippen LogP contribution in [-0.2, 0) is 10.0 Å². The second-order valence-corrected chi connectivity index (χ2v) is 5.01. The van der Waals surface area contributed by atoms with Gasteiger partial charge in [0, 0.05) is 11.9 Å². The van der Waals surface area contributed by atoms with Crippen LogP contribution in [-0.4, -0.2) is 8.42 Å². The van der Waals surface area contributed by atoms with Crippen LogP contribution in [0.25, 0.3) is 0 Å². The van der Waals surface area contributed by atoms with Crippen LogP contribution < -0.4 is 10.5 Å². The van der Waals surface area contributed by atoms with Crippen LogP contribution in [0.1, 0.15) is 5.56 Å². The van der Waals surface area contributed by atoms with Crippen molar-refractivity contribution in [2.75, 3.05) is 5.32 Å². The van der Waals surface area contributed by atoms with Crippen LogP contribution in [0.3, 0.4) is 0 Å². The molecule has 0 aliphatic heterocycles. The number of nitrogens with one attached hydrogen (secondary N) is 1. The summed E-state index contributed by atoms with van der Waals surface area (Å²) in [6, 6.07) is 7.66. The van der Waals surface area contributed by atoms with Crippen molar-refractivity contribution < 1.29 is 8.42 Å². The molecule has 92 valence electrons. The van der Waals surface area contributed by atoms with Crippen molar-refractivity contribution in [3.63, 3.8) is 0 Å². The predicted octanol–water partition coefficient (Wildman–Crippen LogP) is 0.985. The van der Waals surface area contributed by atoms with E-state index in [-0.39, 0.29) is 10.5 Å². The number of nitriles is 2. The first-order valence-corrected chi connectivity index (χ1v) is 6.33.